The summed E-state index contributed by atoms with van der Waals surface area (Å²) in [4.78, 5) is 18.5. The zero-order valence-electron chi connectivity index (χ0n) is 18.2. The molecule has 3 aromatic heterocycles. The van der Waals surface area contributed by atoms with Crippen molar-refractivity contribution in [1.29, 1.82) is 0 Å². The molecule has 1 aliphatic rings. The zero-order valence-corrected chi connectivity index (χ0v) is 18.2. The standard InChI is InChI=1S/C23H24F2N8/c1-16-9-19(3-5-26-16)23-21(25)10-18(13-28-23)12-27-17(2)29-15-30-22(11-24)32-7-8-33-20(14-32)4-6-31-33/h3-6,9-10,13,15,27H,2,7-8,11-12,14H2,1H3/b29-15-,30-22?. The fraction of sp³-hybridized carbons (Fsp3) is 0.261. The number of pyridine rings is 2. The molecule has 1 aliphatic heterocycles. The number of rotatable bonds is 7. The largest absolute Gasteiger partial charge is 0.366 e. The second kappa shape index (κ2) is 10.1. The van der Waals surface area contributed by atoms with Gasteiger partial charge in [0.25, 0.3) is 0 Å². The van der Waals surface area contributed by atoms with E-state index in [1.165, 1.54) is 12.4 Å². The first kappa shape index (κ1) is 22.3. The number of amidine groups is 1. The number of alkyl halides is 1. The van der Waals surface area contributed by atoms with E-state index in [0.29, 0.717) is 42.4 Å². The number of halogens is 2. The van der Waals surface area contributed by atoms with Crippen molar-refractivity contribution in [3.63, 3.8) is 0 Å². The van der Waals surface area contributed by atoms with E-state index < -0.39 is 12.5 Å². The normalized spacial score (nSPS) is 13.9. The predicted molar refractivity (Wildman–Crippen MR) is 123 cm³/mol. The van der Waals surface area contributed by atoms with Crippen LogP contribution in [0.2, 0.25) is 0 Å². The Hall–Kier alpha value is -3.95. The van der Waals surface area contributed by atoms with Crippen molar-refractivity contribution in [2.75, 3.05) is 13.2 Å². The van der Waals surface area contributed by atoms with Gasteiger partial charge in [0, 0.05) is 42.9 Å². The highest BCUT2D eigenvalue weighted by Gasteiger charge is 2.19. The van der Waals surface area contributed by atoms with E-state index in [1.807, 2.05) is 22.6 Å². The summed E-state index contributed by atoms with van der Waals surface area (Å²) in [5.74, 6) is 0.198. The van der Waals surface area contributed by atoms with E-state index in [2.05, 4.69) is 36.9 Å². The van der Waals surface area contributed by atoms with Crippen LogP contribution in [0.4, 0.5) is 8.78 Å². The van der Waals surface area contributed by atoms with Crippen LogP contribution in [0.15, 0.2) is 65.2 Å². The lowest BCUT2D eigenvalue weighted by Gasteiger charge is -2.29. The fourth-order valence-corrected chi connectivity index (χ4v) is 3.50. The Morgan fingerprint density at radius 2 is 2.12 bits per heavy atom. The molecule has 33 heavy (non-hydrogen) atoms. The molecule has 0 unspecified atom stereocenters. The van der Waals surface area contributed by atoms with Gasteiger partial charge >= 0.3 is 0 Å². The molecule has 1 N–H and O–H groups in total. The van der Waals surface area contributed by atoms with E-state index >= 15 is 0 Å². The summed E-state index contributed by atoms with van der Waals surface area (Å²) in [6, 6.07) is 6.83. The molecule has 0 saturated carbocycles. The Labute approximate surface area is 190 Å². The summed E-state index contributed by atoms with van der Waals surface area (Å²) >= 11 is 0. The van der Waals surface area contributed by atoms with Crippen molar-refractivity contribution in [1.82, 2.24) is 30.0 Å². The number of hydrogen-bond acceptors (Lipinski definition) is 5. The maximum atomic E-state index is 14.5. The van der Waals surface area contributed by atoms with Crippen LogP contribution in [0.3, 0.4) is 0 Å². The van der Waals surface area contributed by atoms with Gasteiger partial charge in [0.1, 0.15) is 36.2 Å². The lowest BCUT2D eigenvalue weighted by Crippen LogP contribution is -2.39. The van der Waals surface area contributed by atoms with E-state index in [-0.39, 0.29) is 12.2 Å². The van der Waals surface area contributed by atoms with Crippen molar-refractivity contribution < 1.29 is 8.78 Å². The quantitative estimate of drug-likeness (QED) is 0.441. The molecule has 3 aromatic rings. The van der Waals surface area contributed by atoms with Gasteiger partial charge < -0.3 is 10.2 Å². The minimum atomic E-state index is -0.700. The van der Waals surface area contributed by atoms with Crippen LogP contribution < -0.4 is 5.32 Å². The van der Waals surface area contributed by atoms with Gasteiger partial charge in [0.15, 0.2) is 0 Å². The van der Waals surface area contributed by atoms with E-state index in [4.69, 9.17) is 0 Å². The second-order valence-corrected chi connectivity index (χ2v) is 7.55. The van der Waals surface area contributed by atoms with Crippen LogP contribution in [0.5, 0.6) is 0 Å². The minimum Gasteiger partial charge on any atom is -0.366 e. The van der Waals surface area contributed by atoms with Crippen LogP contribution in [-0.4, -0.2) is 50.0 Å². The zero-order chi connectivity index (χ0) is 23.2. The molecule has 0 aromatic carbocycles. The molecule has 0 fully saturated rings. The van der Waals surface area contributed by atoms with Crippen LogP contribution in [0, 0.1) is 12.7 Å². The average molecular weight is 450 g/mol. The lowest BCUT2D eigenvalue weighted by molar-refractivity contribution is 0.309. The number of aliphatic imine (C=N–C) groups is 2. The summed E-state index contributed by atoms with van der Waals surface area (Å²) in [6.45, 7) is 7.08. The molecular weight excluding hydrogens is 426 g/mol. The molecule has 0 amide bonds. The number of aryl methyl sites for hydroxylation is 1. The first-order valence-corrected chi connectivity index (χ1v) is 10.4. The number of nitrogens with zero attached hydrogens (tertiary/aromatic N) is 7. The molecule has 10 heteroatoms. The molecule has 0 radical (unpaired) electrons. The summed E-state index contributed by atoms with van der Waals surface area (Å²) in [6.07, 6.45) is 6.22. The van der Waals surface area contributed by atoms with Gasteiger partial charge in [-0.3, -0.25) is 14.6 Å². The fourth-order valence-electron chi connectivity index (χ4n) is 3.50. The van der Waals surface area contributed by atoms with Crippen molar-refractivity contribution in [3.05, 3.63) is 78.0 Å². The van der Waals surface area contributed by atoms with Crippen molar-refractivity contribution in [2.24, 2.45) is 9.98 Å². The summed E-state index contributed by atoms with van der Waals surface area (Å²) in [5.41, 5.74) is 3.38. The third-order valence-corrected chi connectivity index (χ3v) is 5.21. The minimum absolute atomic E-state index is 0.273. The number of hydrogen-bond donors (Lipinski definition) is 1. The molecule has 4 rings (SSSR count). The maximum absolute atomic E-state index is 14.5. The highest BCUT2D eigenvalue weighted by Crippen LogP contribution is 2.21. The first-order chi connectivity index (χ1) is 16.0. The van der Waals surface area contributed by atoms with Gasteiger partial charge in [-0.2, -0.15) is 5.10 Å². The van der Waals surface area contributed by atoms with Gasteiger partial charge in [-0.1, -0.05) is 6.58 Å². The monoisotopic (exact) mass is 450 g/mol. The SMILES string of the molecule is C=C(/N=C\N=C(CF)N1CCn2nccc2C1)NCc1cnc(-c2ccnc(C)c2)c(F)c1. The Morgan fingerprint density at radius 3 is 2.91 bits per heavy atom. The van der Waals surface area contributed by atoms with Gasteiger partial charge in [-0.25, -0.2) is 18.8 Å². The highest BCUT2D eigenvalue weighted by atomic mass is 19.1. The number of nitrogens with one attached hydrogen (secondary N) is 1. The number of fused-ring (bicyclic) bond motifs is 1. The Morgan fingerprint density at radius 1 is 1.24 bits per heavy atom. The topological polar surface area (TPSA) is 83.6 Å². The van der Waals surface area contributed by atoms with Crippen LogP contribution in [-0.2, 0) is 19.6 Å². The molecule has 0 bridgehead atoms. The van der Waals surface area contributed by atoms with E-state index in [1.54, 1.807) is 30.7 Å². The molecule has 0 spiro atoms. The molecule has 0 aliphatic carbocycles. The lowest BCUT2D eigenvalue weighted by atomic mass is 10.1. The van der Waals surface area contributed by atoms with Crippen LogP contribution >= 0.6 is 0 Å². The van der Waals surface area contributed by atoms with Gasteiger partial charge in [-0.05, 0) is 36.8 Å². The second-order valence-electron chi connectivity index (χ2n) is 7.55. The van der Waals surface area contributed by atoms with E-state index in [0.717, 1.165) is 11.4 Å². The maximum Gasteiger partial charge on any atom is 0.149 e. The molecule has 4 heterocycles. The van der Waals surface area contributed by atoms with E-state index in [9.17, 15) is 8.78 Å². The van der Waals surface area contributed by atoms with Crippen LogP contribution in [0.25, 0.3) is 11.3 Å². The van der Waals surface area contributed by atoms with Crippen molar-refractivity contribution in [2.45, 2.75) is 26.6 Å². The number of aromatic nitrogens is 4. The molecular formula is C23H24F2N8. The van der Waals surface area contributed by atoms with Crippen LogP contribution in [0.1, 0.15) is 17.0 Å². The summed E-state index contributed by atoms with van der Waals surface area (Å²) in [5, 5.41) is 7.19. The molecule has 170 valence electrons. The Bertz CT molecular complexity index is 1200. The highest BCUT2D eigenvalue weighted by molar-refractivity contribution is 5.89. The van der Waals surface area contributed by atoms with Crippen molar-refractivity contribution >= 4 is 12.2 Å². The molecule has 8 nitrogen and oxygen atoms in total. The molecule has 0 saturated heterocycles. The predicted octanol–water partition coefficient (Wildman–Crippen LogP) is 3.26. The summed E-state index contributed by atoms with van der Waals surface area (Å²) in [7, 11) is 0. The third kappa shape index (κ3) is 5.46. The summed E-state index contributed by atoms with van der Waals surface area (Å²) < 4.78 is 30.0. The first-order valence-electron chi connectivity index (χ1n) is 10.4. The average Bonchev–Trinajstić information content (AvgIpc) is 3.28. The Kier molecular flexibility index (Phi) is 6.82. The smallest absolute Gasteiger partial charge is 0.149 e. The van der Waals surface area contributed by atoms with Crippen molar-refractivity contribution in [3.8, 4) is 11.3 Å². The van der Waals surface area contributed by atoms with Gasteiger partial charge in [-0.15, -0.1) is 0 Å². The third-order valence-electron chi connectivity index (χ3n) is 5.21. The van der Waals surface area contributed by atoms with Gasteiger partial charge in [0.05, 0.1) is 18.8 Å². The molecule has 0 atom stereocenters. The Balaban J connectivity index is 1.33. The van der Waals surface area contributed by atoms with Gasteiger partial charge in [0.2, 0.25) is 0 Å².